The number of ether oxygens (including phenoxy) is 2. The number of hydrogen-bond acceptors (Lipinski definition) is 3. The first-order chi connectivity index (χ1) is 12.8. The van der Waals surface area contributed by atoms with Crippen molar-refractivity contribution in [2.24, 2.45) is 0 Å². The van der Waals surface area contributed by atoms with Crippen molar-refractivity contribution in [2.45, 2.75) is 13.2 Å². The molecule has 0 aliphatic carbocycles. The highest BCUT2D eigenvalue weighted by Crippen LogP contribution is 2.33. The van der Waals surface area contributed by atoms with Gasteiger partial charge in [0.1, 0.15) is 11.6 Å². The first-order valence-corrected chi connectivity index (χ1v) is 8.80. The third-order valence-corrected chi connectivity index (χ3v) is 4.49. The van der Waals surface area contributed by atoms with Gasteiger partial charge in [0.05, 0.1) is 18.9 Å². The van der Waals surface area contributed by atoms with Gasteiger partial charge in [-0.15, -0.1) is 0 Å². The lowest BCUT2D eigenvalue weighted by atomic mass is 10.2. The quantitative estimate of drug-likeness (QED) is 0.674. The van der Waals surface area contributed by atoms with Gasteiger partial charge < -0.3 is 18.9 Å². The summed E-state index contributed by atoms with van der Waals surface area (Å²) >= 11 is 0. The summed E-state index contributed by atoms with van der Waals surface area (Å²) in [4.78, 5) is 2.15. The Balaban J connectivity index is 1.62. The highest BCUT2D eigenvalue weighted by molar-refractivity contribution is 5.51. The standard InChI is InChI=1S/C21H21FN2O2/c1-2-25-20-6-4-3-5-19(20)23-12-11-16(15-23)21-24(13-14-26-21)18-9-7-17(22)8-10-18/h3-12,15,21H,2,13-14H2,1H3/t21-/m0/s1. The van der Waals surface area contributed by atoms with Gasteiger partial charge >= 0.3 is 0 Å². The largest absolute Gasteiger partial charge is 0.492 e. The molecule has 5 heteroatoms. The molecule has 0 bridgehead atoms. The Morgan fingerprint density at radius 2 is 1.92 bits per heavy atom. The van der Waals surface area contributed by atoms with Gasteiger partial charge in [0.15, 0.2) is 6.23 Å². The van der Waals surface area contributed by atoms with Gasteiger partial charge in [-0.05, 0) is 49.4 Å². The Labute approximate surface area is 152 Å². The molecule has 1 saturated heterocycles. The van der Waals surface area contributed by atoms with Crippen molar-refractivity contribution < 1.29 is 13.9 Å². The van der Waals surface area contributed by atoms with Gasteiger partial charge in [0, 0.05) is 30.2 Å². The molecule has 1 aromatic heterocycles. The van der Waals surface area contributed by atoms with E-state index in [0.717, 1.165) is 29.2 Å². The van der Waals surface area contributed by atoms with Gasteiger partial charge in [0.25, 0.3) is 0 Å². The van der Waals surface area contributed by atoms with E-state index >= 15 is 0 Å². The second-order valence-corrected chi connectivity index (χ2v) is 6.15. The SMILES string of the molecule is CCOc1ccccc1-n1ccc([C@@H]2OCCN2c2ccc(F)cc2)c1. The van der Waals surface area contributed by atoms with Crippen LogP contribution in [0.5, 0.6) is 5.75 Å². The molecule has 4 nitrogen and oxygen atoms in total. The minimum atomic E-state index is -0.232. The highest BCUT2D eigenvalue weighted by atomic mass is 19.1. The zero-order valence-corrected chi connectivity index (χ0v) is 14.6. The number of nitrogens with zero attached hydrogens (tertiary/aromatic N) is 2. The Morgan fingerprint density at radius 1 is 1.12 bits per heavy atom. The smallest absolute Gasteiger partial charge is 0.158 e. The summed E-state index contributed by atoms with van der Waals surface area (Å²) in [5.74, 6) is 0.615. The number of hydrogen-bond donors (Lipinski definition) is 0. The zero-order chi connectivity index (χ0) is 17.9. The molecule has 1 atom stereocenters. The van der Waals surface area contributed by atoms with Crippen LogP contribution in [0.2, 0.25) is 0 Å². The number of halogens is 1. The van der Waals surface area contributed by atoms with Gasteiger partial charge in [-0.2, -0.15) is 0 Å². The monoisotopic (exact) mass is 352 g/mol. The molecule has 0 spiro atoms. The molecule has 3 aromatic rings. The molecule has 2 aromatic carbocycles. The third kappa shape index (κ3) is 3.18. The normalized spacial score (nSPS) is 16.8. The molecule has 0 amide bonds. The molecule has 26 heavy (non-hydrogen) atoms. The Hall–Kier alpha value is -2.79. The summed E-state index contributed by atoms with van der Waals surface area (Å²) in [5, 5.41) is 0. The van der Waals surface area contributed by atoms with Crippen LogP contribution in [-0.4, -0.2) is 24.3 Å². The fourth-order valence-corrected chi connectivity index (χ4v) is 3.30. The summed E-state index contributed by atoms with van der Waals surface area (Å²) < 4.78 is 26.9. The topological polar surface area (TPSA) is 26.6 Å². The first kappa shape index (κ1) is 16.7. The van der Waals surface area contributed by atoms with Crippen LogP contribution in [0.3, 0.4) is 0 Å². The summed E-state index contributed by atoms with van der Waals surface area (Å²) in [7, 11) is 0. The van der Waals surface area contributed by atoms with E-state index in [1.54, 1.807) is 12.1 Å². The van der Waals surface area contributed by atoms with E-state index in [4.69, 9.17) is 9.47 Å². The fourth-order valence-electron chi connectivity index (χ4n) is 3.30. The van der Waals surface area contributed by atoms with E-state index in [2.05, 4.69) is 17.2 Å². The summed E-state index contributed by atoms with van der Waals surface area (Å²) in [6.07, 6.45) is 3.89. The lowest BCUT2D eigenvalue weighted by Crippen LogP contribution is -2.22. The summed E-state index contributed by atoms with van der Waals surface area (Å²) in [5.41, 5.74) is 3.00. The predicted octanol–water partition coefficient (Wildman–Crippen LogP) is 4.55. The molecule has 1 aliphatic heterocycles. The molecule has 1 aliphatic rings. The second kappa shape index (κ2) is 7.22. The van der Waals surface area contributed by atoms with Crippen molar-refractivity contribution in [3.05, 3.63) is 78.4 Å². The minimum Gasteiger partial charge on any atom is -0.492 e. The average Bonchev–Trinajstić information content (AvgIpc) is 3.32. The average molecular weight is 352 g/mol. The van der Waals surface area contributed by atoms with Crippen molar-refractivity contribution in [3.8, 4) is 11.4 Å². The van der Waals surface area contributed by atoms with Crippen LogP contribution in [0, 0.1) is 5.82 Å². The Bertz CT molecular complexity index is 876. The van der Waals surface area contributed by atoms with E-state index in [9.17, 15) is 4.39 Å². The minimum absolute atomic E-state index is 0.180. The number of anilines is 1. The van der Waals surface area contributed by atoms with Crippen molar-refractivity contribution in [3.63, 3.8) is 0 Å². The van der Waals surface area contributed by atoms with Crippen LogP contribution >= 0.6 is 0 Å². The second-order valence-electron chi connectivity index (χ2n) is 6.15. The third-order valence-electron chi connectivity index (χ3n) is 4.49. The highest BCUT2D eigenvalue weighted by Gasteiger charge is 2.28. The predicted molar refractivity (Wildman–Crippen MR) is 99.4 cm³/mol. The fraction of sp³-hybridized carbons (Fsp3) is 0.238. The maximum Gasteiger partial charge on any atom is 0.158 e. The molecule has 0 unspecified atom stereocenters. The van der Waals surface area contributed by atoms with Crippen molar-refractivity contribution in [2.75, 3.05) is 24.7 Å². The summed E-state index contributed by atoms with van der Waals surface area (Å²) in [6.45, 7) is 4.01. The van der Waals surface area contributed by atoms with Crippen LogP contribution < -0.4 is 9.64 Å². The number of rotatable bonds is 5. The van der Waals surface area contributed by atoms with Crippen molar-refractivity contribution in [1.29, 1.82) is 0 Å². The van der Waals surface area contributed by atoms with E-state index in [1.807, 2.05) is 42.0 Å². The van der Waals surface area contributed by atoms with Gasteiger partial charge in [-0.1, -0.05) is 12.1 Å². The Kier molecular flexibility index (Phi) is 4.63. The van der Waals surface area contributed by atoms with Crippen LogP contribution in [-0.2, 0) is 4.74 Å². The molecule has 134 valence electrons. The molecule has 0 radical (unpaired) electrons. The van der Waals surface area contributed by atoms with E-state index in [-0.39, 0.29) is 12.0 Å². The van der Waals surface area contributed by atoms with Crippen molar-refractivity contribution >= 4 is 5.69 Å². The van der Waals surface area contributed by atoms with Crippen LogP contribution in [0.25, 0.3) is 5.69 Å². The number of para-hydroxylation sites is 2. The van der Waals surface area contributed by atoms with Crippen LogP contribution in [0.4, 0.5) is 10.1 Å². The molecular formula is C21H21FN2O2. The first-order valence-electron chi connectivity index (χ1n) is 8.80. The van der Waals surface area contributed by atoms with Crippen LogP contribution in [0.1, 0.15) is 18.7 Å². The maximum atomic E-state index is 13.2. The van der Waals surface area contributed by atoms with Gasteiger partial charge in [-0.3, -0.25) is 0 Å². The zero-order valence-electron chi connectivity index (χ0n) is 14.6. The molecule has 4 rings (SSSR count). The van der Waals surface area contributed by atoms with Gasteiger partial charge in [0.2, 0.25) is 0 Å². The summed E-state index contributed by atoms with van der Waals surface area (Å²) in [6, 6.07) is 16.6. The van der Waals surface area contributed by atoms with E-state index in [1.165, 1.54) is 12.1 Å². The number of aromatic nitrogens is 1. The molecule has 1 fully saturated rings. The maximum absolute atomic E-state index is 13.2. The van der Waals surface area contributed by atoms with Crippen molar-refractivity contribution in [1.82, 2.24) is 4.57 Å². The molecular weight excluding hydrogens is 331 g/mol. The molecule has 2 heterocycles. The number of benzene rings is 2. The lowest BCUT2D eigenvalue weighted by molar-refractivity contribution is 0.114. The lowest BCUT2D eigenvalue weighted by Gasteiger charge is -2.24. The van der Waals surface area contributed by atoms with Crippen LogP contribution in [0.15, 0.2) is 67.0 Å². The van der Waals surface area contributed by atoms with E-state index in [0.29, 0.717) is 13.2 Å². The molecule has 0 saturated carbocycles. The molecule has 0 N–H and O–H groups in total. The van der Waals surface area contributed by atoms with Gasteiger partial charge in [-0.25, -0.2) is 4.39 Å². The Morgan fingerprint density at radius 3 is 2.73 bits per heavy atom. The van der Waals surface area contributed by atoms with E-state index < -0.39 is 0 Å².